The second-order valence-corrected chi connectivity index (χ2v) is 5.49. The molecular formula is C14H29NO4. The first-order valence-corrected chi connectivity index (χ1v) is 7.51. The third-order valence-electron chi connectivity index (χ3n) is 4.13. The molecule has 1 saturated heterocycles. The molecule has 1 fully saturated rings. The van der Waals surface area contributed by atoms with Gasteiger partial charge in [-0.15, -0.1) is 0 Å². The van der Waals surface area contributed by atoms with E-state index in [1.54, 1.807) is 0 Å². The Hall–Kier alpha value is -0.200. The molecule has 0 radical (unpaired) electrons. The van der Waals surface area contributed by atoms with Gasteiger partial charge < -0.3 is 20.4 Å². The van der Waals surface area contributed by atoms with Gasteiger partial charge in [-0.05, 0) is 13.0 Å². The molecule has 1 aliphatic rings. The zero-order chi connectivity index (χ0) is 14.3. The summed E-state index contributed by atoms with van der Waals surface area (Å²) >= 11 is 0. The number of rotatable bonds is 9. The van der Waals surface area contributed by atoms with Gasteiger partial charge in [-0.1, -0.05) is 39.0 Å². The lowest BCUT2D eigenvalue weighted by atomic mass is 10.1. The van der Waals surface area contributed by atoms with Crippen molar-refractivity contribution in [1.29, 1.82) is 0 Å². The first-order valence-electron chi connectivity index (χ1n) is 7.51. The van der Waals surface area contributed by atoms with Crippen LogP contribution in [-0.4, -0.2) is 69.4 Å². The smallest absolute Gasteiger partial charge is 0.0992 e. The molecule has 1 heterocycles. The van der Waals surface area contributed by atoms with Gasteiger partial charge in [0.15, 0.2) is 0 Å². The predicted molar refractivity (Wildman–Crippen MR) is 73.8 cm³/mol. The molecular weight excluding hydrogens is 246 g/mol. The second kappa shape index (κ2) is 8.87. The van der Waals surface area contributed by atoms with E-state index < -0.39 is 24.3 Å². The van der Waals surface area contributed by atoms with Gasteiger partial charge in [0, 0.05) is 0 Å². The van der Waals surface area contributed by atoms with Crippen molar-refractivity contribution in [2.24, 2.45) is 0 Å². The molecule has 0 bridgehead atoms. The molecule has 0 aromatic carbocycles. The summed E-state index contributed by atoms with van der Waals surface area (Å²) in [4.78, 5) is 1.86. The van der Waals surface area contributed by atoms with Crippen LogP contribution >= 0.6 is 0 Å². The molecule has 0 saturated carbocycles. The fourth-order valence-corrected chi connectivity index (χ4v) is 2.93. The molecule has 114 valence electrons. The lowest BCUT2D eigenvalue weighted by Crippen LogP contribution is -2.43. The zero-order valence-electron chi connectivity index (χ0n) is 11.9. The summed E-state index contributed by atoms with van der Waals surface area (Å²) in [5.74, 6) is 0. The van der Waals surface area contributed by atoms with Crippen molar-refractivity contribution >= 4 is 0 Å². The summed E-state index contributed by atoms with van der Waals surface area (Å²) in [6, 6.07) is -0.911. The number of hydrogen-bond acceptors (Lipinski definition) is 5. The summed E-state index contributed by atoms with van der Waals surface area (Å²) in [5, 5.41) is 38.3. The Kier molecular flexibility index (Phi) is 7.87. The molecule has 5 nitrogen and oxygen atoms in total. The van der Waals surface area contributed by atoms with Crippen LogP contribution in [0.2, 0.25) is 0 Å². The molecule has 1 rings (SSSR count). The molecule has 1 aliphatic heterocycles. The molecule has 0 aromatic heterocycles. The Bertz CT molecular complexity index is 223. The number of aliphatic hydroxyl groups is 4. The van der Waals surface area contributed by atoms with Crippen LogP contribution in [0.15, 0.2) is 0 Å². The average molecular weight is 275 g/mol. The van der Waals surface area contributed by atoms with E-state index in [0.717, 1.165) is 12.8 Å². The van der Waals surface area contributed by atoms with Gasteiger partial charge in [0.25, 0.3) is 0 Å². The number of likely N-dealkylation sites (tertiary alicyclic amines) is 1. The van der Waals surface area contributed by atoms with Crippen LogP contribution < -0.4 is 0 Å². The minimum atomic E-state index is -0.970. The third-order valence-corrected chi connectivity index (χ3v) is 4.13. The molecule has 0 aliphatic carbocycles. The van der Waals surface area contributed by atoms with Crippen molar-refractivity contribution in [2.45, 2.75) is 69.7 Å². The van der Waals surface area contributed by atoms with Crippen LogP contribution in [-0.2, 0) is 0 Å². The van der Waals surface area contributed by atoms with Gasteiger partial charge in [-0.3, -0.25) is 4.90 Å². The van der Waals surface area contributed by atoms with E-state index in [0.29, 0.717) is 6.54 Å². The molecule has 5 heteroatoms. The molecule has 19 heavy (non-hydrogen) atoms. The Morgan fingerprint density at radius 3 is 1.74 bits per heavy atom. The number of unbranched alkanes of at least 4 members (excludes halogenated alkanes) is 5. The zero-order valence-corrected chi connectivity index (χ0v) is 11.9. The van der Waals surface area contributed by atoms with Crippen LogP contribution in [0.4, 0.5) is 0 Å². The van der Waals surface area contributed by atoms with Gasteiger partial charge in [-0.2, -0.15) is 0 Å². The highest BCUT2D eigenvalue weighted by Gasteiger charge is 2.46. The van der Waals surface area contributed by atoms with E-state index in [4.69, 9.17) is 0 Å². The Labute approximate surface area is 115 Å². The van der Waals surface area contributed by atoms with Crippen LogP contribution in [0, 0.1) is 0 Å². The molecule has 0 aromatic rings. The molecule has 0 unspecified atom stereocenters. The quantitative estimate of drug-likeness (QED) is 0.449. The maximum absolute atomic E-state index is 9.84. The maximum Gasteiger partial charge on any atom is 0.0992 e. The number of nitrogens with zero attached hydrogens (tertiary/aromatic N) is 1. The fourth-order valence-electron chi connectivity index (χ4n) is 2.93. The van der Waals surface area contributed by atoms with E-state index in [9.17, 15) is 20.4 Å². The van der Waals surface area contributed by atoms with Gasteiger partial charge in [0.2, 0.25) is 0 Å². The van der Waals surface area contributed by atoms with Gasteiger partial charge in [0.05, 0.1) is 37.5 Å². The first kappa shape index (κ1) is 16.9. The van der Waals surface area contributed by atoms with Crippen molar-refractivity contribution in [3.05, 3.63) is 0 Å². The lowest BCUT2D eigenvalue weighted by molar-refractivity contribution is 0.0130. The molecule has 4 atom stereocenters. The highest BCUT2D eigenvalue weighted by molar-refractivity contribution is 5.00. The summed E-state index contributed by atoms with van der Waals surface area (Å²) in [5.41, 5.74) is 0. The standard InChI is InChI=1S/C14H29NO4/c1-2-3-4-5-6-7-8-15-11(9-16)13(18)14(19)12(15)10-17/h11-14,16-19H,2-10H2,1H3/t11-,12-,13+,14+/m1/s1. The second-order valence-electron chi connectivity index (χ2n) is 5.49. The monoisotopic (exact) mass is 275 g/mol. The predicted octanol–water partition coefficient (Wildman–Crippen LogP) is 0.106. The van der Waals surface area contributed by atoms with Crippen molar-refractivity contribution in [3.8, 4) is 0 Å². The highest BCUT2D eigenvalue weighted by Crippen LogP contribution is 2.25. The summed E-state index contributed by atoms with van der Waals surface area (Å²) in [6.45, 7) is 2.51. The normalized spacial score (nSPS) is 32.1. The van der Waals surface area contributed by atoms with E-state index in [1.165, 1.54) is 25.7 Å². The van der Waals surface area contributed by atoms with Crippen LogP contribution in [0.25, 0.3) is 0 Å². The molecule has 0 amide bonds. The molecule has 4 N–H and O–H groups in total. The Morgan fingerprint density at radius 2 is 1.26 bits per heavy atom. The first-order chi connectivity index (χ1) is 9.17. The highest BCUT2D eigenvalue weighted by atomic mass is 16.3. The van der Waals surface area contributed by atoms with Crippen molar-refractivity contribution < 1.29 is 20.4 Å². The van der Waals surface area contributed by atoms with E-state index in [-0.39, 0.29) is 13.2 Å². The van der Waals surface area contributed by atoms with Gasteiger partial charge in [0.1, 0.15) is 0 Å². The third kappa shape index (κ3) is 4.39. The Morgan fingerprint density at radius 1 is 0.789 bits per heavy atom. The summed E-state index contributed by atoms with van der Waals surface area (Å²) in [6.07, 6.45) is 5.07. The van der Waals surface area contributed by atoms with Crippen molar-refractivity contribution in [1.82, 2.24) is 4.90 Å². The Balaban J connectivity index is 2.36. The summed E-state index contributed by atoms with van der Waals surface area (Å²) < 4.78 is 0. The fraction of sp³-hybridized carbons (Fsp3) is 1.00. The summed E-state index contributed by atoms with van der Waals surface area (Å²) in [7, 11) is 0. The van der Waals surface area contributed by atoms with Crippen LogP contribution in [0.1, 0.15) is 45.4 Å². The lowest BCUT2D eigenvalue weighted by Gasteiger charge is -2.28. The van der Waals surface area contributed by atoms with E-state index in [1.807, 2.05) is 4.90 Å². The molecule has 0 spiro atoms. The maximum atomic E-state index is 9.84. The SMILES string of the molecule is CCCCCCCCN1[C@H](CO)[C@H](O)[C@@H](O)[C@H]1CO. The minimum absolute atomic E-state index is 0.190. The van der Waals surface area contributed by atoms with Crippen LogP contribution in [0.5, 0.6) is 0 Å². The van der Waals surface area contributed by atoms with Crippen LogP contribution in [0.3, 0.4) is 0 Å². The van der Waals surface area contributed by atoms with Gasteiger partial charge in [-0.25, -0.2) is 0 Å². The topological polar surface area (TPSA) is 84.2 Å². The average Bonchev–Trinajstić information content (AvgIpc) is 2.65. The van der Waals surface area contributed by atoms with Crippen molar-refractivity contribution in [3.63, 3.8) is 0 Å². The van der Waals surface area contributed by atoms with Gasteiger partial charge >= 0.3 is 0 Å². The van der Waals surface area contributed by atoms with E-state index in [2.05, 4.69) is 6.92 Å². The number of hydrogen-bond donors (Lipinski definition) is 4. The number of aliphatic hydroxyl groups excluding tert-OH is 4. The van der Waals surface area contributed by atoms with E-state index >= 15 is 0 Å². The van der Waals surface area contributed by atoms with Crippen molar-refractivity contribution in [2.75, 3.05) is 19.8 Å². The minimum Gasteiger partial charge on any atom is -0.395 e. The largest absolute Gasteiger partial charge is 0.395 e.